The molecule has 3 nitrogen and oxygen atoms in total. The fraction of sp³-hybridized carbons (Fsp3) is 1.00. The Balaban J connectivity index is 2.25. The highest BCUT2D eigenvalue weighted by Gasteiger charge is 2.15. The lowest BCUT2D eigenvalue weighted by Crippen LogP contribution is -2.31. The standard InChI is InChI=1S/C9H19NO2S/c1-2-13(11,12)10-8-9-6-4-3-5-7-9/h9-10H,2-8H2,1H3. The van der Waals surface area contributed by atoms with Crippen LogP contribution in [-0.4, -0.2) is 20.7 Å². The van der Waals surface area contributed by atoms with Crippen LogP contribution in [0.3, 0.4) is 0 Å². The molecule has 1 saturated carbocycles. The molecule has 0 spiro atoms. The molecule has 0 saturated heterocycles. The molecule has 0 bridgehead atoms. The van der Waals surface area contributed by atoms with E-state index in [1.165, 1.54) is 32.1 Å². The van der Waals surface area contributed by atoms with E-state index in [1.807, 2.05) is 0 Å². The average Bonchev–Trinajstić information content (AvgIpc) is 2.17. The molecule has 0 aliphatic heterocycles. The molecular formula is C9H19NO2S. The molecule has 4 heteroatoms. The molecule has 0 heterocycles. The van der Waals surface area contributed by atoms with Crippen molar-refractivity contribution >= 4 is 10.0 Å². The fourth-order valence-corrected chi connectivity index (χ4v) is 2.43. The number of rotatable bonds is 4. The van der Waals surface area contributed by atoms with Crippen molar-refractivity contribution in [1.82, 2.24) is 4.72 Å². The van der Waals surface area contributed by atoms with Crippen LogP contribution in [0.25, 0.3) is 0 Å². The molecule has 1 aliphatic rings. The van der Waals surface area contributed by atoms with E-state index in [4.69, 9.17) is 0 Å². The zero-order chi connectivity index (χ0) is 9.73. The Bertz CT molecular complexity index is 230. The molecule has 0 amide bonds. The Labute approximate surface area is 81.0 Å². The SMILES string of the molecule is CCS(=O)(=O)NCC1CCCCC1. The van der Waals surface area contributed by atoms with Crippen LogP contribution < -0.4 is 4.72 Å². The maximum atomic E-state index is 11.1. The molecule has 1 N–H and O–H groups in total. The third-order valence-corrected chi connectivity index (χ3v) is 4.06. The van der Waals surface area contributed by atoms with Gasteiger partial charge in [0.1, 0.15) is 0 Å². The van der Waals surface area contributed by atoms with Gasteiger partial charge >= 0.3 is 0 Å². The number of hydrogen-bond acceptors (Lipinski definition) is 2. The van der Waals surface area contributed by atoms with Crippen molar-refractivity contribution in [3.8, 4) is 0 Å². The van der Waals surface area contributed by atoms with Crippen molar-refractivity contribution in [3.63, 3.8) is 0 Å². The van der Waals surface area contributed by atoms with Gasteiger partial charge in [0.25, 0.3) is 0 Å². The van der Waals surface area contributed by atoms with Gasteiger partial charge in [0, 0.05) is 6.54 Å². The molecule has 1 aliphatic carbocycles. The van der Waals surface area contributed by atoms with Crippen LogP contribution in [0, 0.1) is 5.92 Å². The second kappa shape index (κ2) is 4.96. The lowest BCUT2D eigenvalue weighted by molar-refractivity contribution is 0.357. The maximum Gasteiger partial charge on any atom is 0.211 e. The van der Waals surface area contributed by atoms with E-state index in [0.29, 0.717) is 12.5 Å². The molecule has 0 aromatic carbocycles. The molecule has 1 fully saturated rings. The molecule has 78 valence electrons. The van der Waals surface area contributed by atoms with Gasteiger partial charge in [0.05, 0.1) is 5.75 Å². The van der Waals surface area contributed by atoms with Crippen molar-refractivity contribution in [2.24, 2.45) is 5.92 Å². The first kappa shape index (κ1) is 11.0. The van der Waals surface area contributed by atoms with E-state index < -0.39 is 10.0 Å². The third kappa shape index (κ3) is 4.09. The van der Waals surface area contributed by atoms with Gasteiger partial charge in [-0.2, -0.15) is 0 Å². The third-order valence-electron chi connectivity index (χ3n) is 2.70. The molecule has 0 radical (unpaired) electrons. The second-order valence-corrected chi connectivity index (χ2v) is 5.85. The van der Waals surface area contributed by atoms with Crippen molar-refractivity contribution in [2.45, 2.75) is 39.0 Å². The van der Waals surface area contributed by atoms with Gasteiger partial charge in [-0.1, -0.05) is 19.3 Å². The van der Waals surface area contributed by atoms with Gasteiger partial charge in [-0.3, -0.25) is 0 Å². The van der Waals surface area contributed by atoms with E-state index in [9.17, 15) is 8.42 Å². The largest absolute Gasteiger partial charge is 0.215 e. The highest BCUT2D eigenvalue weighted by Crippen LogP contribution is 2.22. The Kier molecular flexibility index (Phi) is 4.19. The fourth-order valence-electron chi connectivity index (χ4n) is 1.74. The lowest BCUT2D eigenvalue weighted by Gasteiger charge is -2.21. The van der Waals surface area contributed by atoms with Gasteiger partial charge in [-0.25, -0.2) is 13.1 Å². The van der Waals surface area contributed by atoms with Crippen molar-refractivity contribution in [1.29, 1.82) is 0 Å². The van der Waals surface area contributed by atoms with E-state index in [1.54, 1.807) is 6.92 Å². The van der Waals surface area contributed by atoms with Gasteiger partial charge in [0.2, 0.25) is 10.0 Å². The zero-order valence-corrected chi connectivity index (χ0v) is 9.07. The molecule has 0 aromatic heterocycles. The van der Waals surface area contributed by atoms with Crippen LogP contribution in [0.4, 0.5) is 0 Å². The Morgan fingerprint density at radius 1 is 1.23 bits per heavy atom. The molecule has 1 rings (SSSR count). The van der Waals surface area contributed by atoms with Crippen LogP contribution in [0.1, 0.15) is 39.0 Å². The maximum absolute atomic E-state index is 11.1. The summed E-state index contributed by atoms with van der Waals surface area (Å²) in [6.07, 6.45) is 6.21. The molecular weight excluding hydrogens is 186 g/mol. The monoisotopic (exact) mass is 205 g/mol. The summed E-state index contributed by atoms with van der Waals surface area (Å²) in [5.41, 5.74) is 0. The number of sulfonamides is 1. The zero-order valence-electron chi connectivity index (χ0n) is 8.25. The van der Waals surface area contributed by atoms with E-state index >= 15 is 0 Å². The predicted molar refractivity (Wildman–Crippen MR) is 54.0 cm³/mol. The lowest BCUT2D eigenvalue weighted by atomic mass is 9.90. The molecule has 0 unspecified atom stereocenters. The highest BCUT2D eigenvalue weighted by molar-refractivity contribution is 7.89. The molecule has 0 atom stereocenters. The molecule has 13 heavy (non-hydrogen) atoms. The van der Waals surface area contributed by atoms with E-state index in [2.05, 4.69) is 4.72 Å². The number of nitrogens with one attached hydrogen (secondary N) is 1. The molecule has 0 aromatic rings. The summed E-state index contributed by atoms with van der Waals surface area (Å²) in [4.78, 5) is 0. The van der Waals surface area contributed by atoms with Crippen LogP contribution >= 0.6 is 0 Å². The van der Waals surface area contributed by atoms with Gasteiger partial charge in [0.15, 0.2) is 0 Å². The van der Waals surface area contributed by atoms with E-state index in [0.717, 1.165) is 0 Å². The first-order chi connectivity index (χ1) is 6.14. The summed E-state index contributed by atoms with van der Waals surface area (Å²) in [6, 6.07) is 0. The van der Waals surface area contributed by atoms with Crippen LogP contribution in [-0.2, 0) is 10.0 Å². The Morgan fingerprint density at radius 2 is 1.85 bits per heavy atom. The predicted octanol–water partition coefficient (Wildman–Crippen LogP) is 1.51. The minimum absolute atomic E-state index is 0.194. The van der Waals surface area contributed by atoms with Crippen molar-refractivity contribution in [2.75, 3.05) is 12.3 Å². The smallest absolute Gasteiger partial charge is 0.211 e. The quantitative estimate of drug-likeness (QED) is 0.756. The minimum atomic E-state index is -2.97. The summed E-state index contributed by atoms with van der Waals surface area (Å²) in [5.74, 6) is 0.773. The normalized spacial score (nSPS) is 20.4. The van der Waals surface area contributed by atoms with Gasteiger partial charge < -0.3 is 0 Å². The summed E-state index contributed by atoms with van der Waals surface area (Å²) < 4.78 is 24.9. The minimum Gasteiger partial charge on any atom is -0.215 e. The van der Waals surface area contributed by atoms with Crippen LogP contribution in [0.2, 0.25) is 0 Å². The van der Waals surface area contributed by atoms with Crippen molar-refractivity contribution in [3.05, 3.63) is 0 Å². The van der Waals surface area contributed by atoms with Crippen molar-refractivity contribution < 1.29 is 8.42 Å². The van der Waals surface area contributed by atoms with Gasteiger partial charge in [-0.05, 0) is 25.7 Å². The first-order valence-electron chi connectivity index (χ1n) is 5.11. The topological polar surface area (TPSA) is 46.2 Å². The Hall–Kier alpha value is -0.0900. The summed E-state index contributed by atoms with van der Waals surface area (Å²) in [7, 11) is -2.97. The summed E-state index contributed by atoms with van der Waals surface area (Å²) in [6.45, 7) is 2.32. The first-order valence-corrected chi connectivity index (χ1v) is 6.76. The Morgan fingerprint density at radius 3 is 2.38 bits per heavy atom. The van der Waals surface area contributed by atoms with Gasteiger partial charge in [-0.15, -0.1) is 0 Å². The van der Waals surface area contributed by atoms with Crippen LogP contribution in [0.5, 0.6) is 0 Å². The highest BCUT2D eigenvalue weighted by atomic mass is 32.2. The summed E-state index contributed by atoms with van der Waals surface area (Å²) in [5, 5.41) is 0. The second-order valence-electron chi connectivity index (χ2n) is 3.76. The van der Waals surface area contributed by atoms with E-state index in [-0.39, 0.29) is 5.75 Å². The summed E-state index contributed by atoms with van der Waals surface area (Å²) >= 11 is 0. The van der Waals surface area contributed by atoms with Crippen LogP contribution in [0.15, 0.2) is 0 Å². The average molecular weight is 205 g/mol. The number of hydrogen-bond donors (Lipinski definition) is 1.